The zero-order valence-electron chi connectivity index (χ0n) is 17.2. The van der Waals surface area contributed by atoms with Gasteiger partial charge in [-0.1, -0.05) is 18.2 Å². The van der Waals surface area contributed by atoms with Crippen LogP contribution in [-0.4, -0.2) is 47.3 Å². The molecule has 2 N–H and O–H groups in total. The van der Waals surface area contributed by atoms with Crippen molar-refractivity contribution in [2.24, 2.45) is 0 Å². The first-order valence-electron chi connectivity index (χ1n) is 10.5. The average Bonchev–Trinajstić information content (AvgIpc) is 3.07. The van der Waals surface area contributed by atoms with Gasteiger partial charge in [-0.3, -0.25) is 4.90 Å². The number of halogens is 1. The molecule has 2 aliphatic rings. The van der Waals surface area contributed by atoms with Crippen molar-refractivity contribution in [3.05, 3.63) is 77.8 Å². The van der Waals surface area contributed by atoms with Crippen LogP contribution < -0.4 is 4.74 Å². The maximum Gasteiger partial charge on any atom is 0.123 e. The second-order valence-electron chi connectivity index (χ2n) is 8.75. The summed E-state index contributed by atoms with van der Waals surface area (Å²) in [6, 6.07) is 12.9. The Kier molecular flexibility index (Phi) is 4.49. The Morgan fingerprint density at radius 2 is 2.13 bits per heavy atom. The number of methoxy groups -OCH3 is 1. The van der Waals surface area contributed by atoms with Crippen LogP contribution in [0.25, 0.3) is 10.9 Å². The molecule has 3 aromatic rings. The number of ether oxygens (including phenoxy) is 1. The summed E-state index contributed by atoms with van der Waals surface area (Å²) in [4.78, 5) is 5.77. The van der Waals surface area contributed by atoms with Gasteiger partial charge >= 0.3 is 0 Å². The zero-order chi connectivity index (χ0) is 20.9. The van der Waals surface area contributed by atoms with Crippen molar-refractivity contribution in [3.63, 3.8) is 0 Å². The molecule has 1 saturated heterocycles. The van der Waals surface area contributed by atoms with E-state index in [1.165, 1.54) is 6.07 Å². The number of β-amino-alcohol motifs (C(OH)–C–C–N with tert-alkyl or cyclic N) is 1. The monoisotopic (exact) mass is 406 g/mol. The van der Waals surface area contributed by atoms with E-state index in [1.807, 2.05) is 18.2 Å². The van der Waals surface area contributed by atoms with Gasteiger partial charge in [0.1, 0.15) is 11.6 Å². The van der Waals surface area contributed by atoms with Crippen LogP contribution in [0.3, 0.4) is 0 Å². The van der Waals surface area contributed by atoms with E-state index in [0.29, 0.717) is 19.4 Å². The van der Waals surface area contributed by atoms with Crippen molar-refractivity contribution in [2.45, 2.75) is 30.3 Å². The number of aromatic amines is 1. The first kappa shape index (κ1) is 19.3. The lowest BCUT2D eigenvalue weighted by molar-refractivity contribution is -0.100. The van der Waals surface area contributed by atoms with Crippen LogP contribution in [0.15, 0.2) is 55.1 Å². The topological polar surface area (TPSA) is 48.5 Å². The van der Waals surface area contributed by atoms with Gasteiger partial charge < -0.3 is 14.8 Å². The number of rotatable bonds is 4. The van der Waals surface area contributed by atoms with Crippen LogP contribution in [-0.2, 0) is 18.3 Å². The molecule has 30 heavy (non-hydrogen) atoms. The SMILES string of the molecule is C=CCN1CCC2(c3cccc(OC)c3)Cc3[nH]c4ccc(F)cc4c3CC2(O)C1. The van der Waals surface area contributed by atoms with Crippen LogP contribution >= 0.6 is 0 Å². The molecule has 1 aliphatic heterocycles. The Morgan fingerprint density at radius 3 is 2.93 bits per heavy atom. The number of hydrogen-bond donors (Lipinski definition) is 2. The third-order valence-corrected chi connectivity index (χ3v) is 7.14. The van der Waals surface area contributed by atoms with Crippen LogP contribution in [0.4, 0.5) is 4.39 Å². The number of nitrogens with one attached hydrogen (secondary N) is 1. The summed E-state index contributed by atoms with van der Waals surface area (Å²) in [5.74, 6) is 0.542. The van der Waals surface area contributed by atoms with Gasteiger partial charge in [-0.25, -0.2) is 4.39 Å². The van der Waals surface area contributed by atoms with Gasteiger partial charge in [0.15, 0.2) is 0 Å². The predicted octanol–water partition coefficient (Wildman–Crippen LogP) is 3.98. The Balaban J connectivity index is 1.69. The molecular weight excluding hydrogens is 379 g/mol. The second kappa shape index (κ2) is 6.96. The van der Waals surface area contributed by atoms with Crippen LogP contribution in [0.5, 0.6) is 5.75 Å². The summed E-state index contributed by atoms with van der Waals surface area (Å²) in [6.45, 7) is 6.05. The maximum absolute atomic E-state index is 14.0. The fourth-order valence-corrected chi connectivity index (χ4v) is 5.66. The predicted molar refractivity (Wildman–Crippen MR) is 117 cm³/mol. The normalized spacial score (nSPS) is 26.2. The molecule has 0 bridgehead atoms. The number of H-pyrrole nitrogens is 1. The third kappa shape index (κ3) is 2.80. The molecule has 1 fully saturated rings. The van der Waals surface area contributed by atoms with Crippen molar-refractivity contribution < 1.29 is 14.2 Å². The third-order valence-electron chi connectivity index (χ3n) is 7.14. The summed E-state index contributed by atoms with van der Waals surface area (Å²) in [5, 5.41) is 13.1. The number of likely N-dealkylation sites (tertiary alicyclic amines) is 1. The van der Waals surface area contributed by atoms with E-state index in [4.69, 9.17) is 4.74 Å². The molecular formula is C25H27FN2O2. The van der Waals surface area contributed by atoms with Gasteiger partial charge in [0.25, 0.3) is 0 Å². The van der Waals surface area contributed by atoms with Crippen LogP contribution in [0, 0.1) is 5.82 Å². The highest BCUT2D eigenvalue weighted by Gasteiger charge is 2.57. The summed E-state index contributed by atoms with van der Waals surface area (Å²) >= 11 is 0. The summed E-state index contributed by atoms with van der Waals surface area (Å²) in [6.07, 6.45) is 3.88. The molecule has 5 heteroatoms. The van der Waals surface area contributed by atoms with E-state index in [1.54, 1.807) is 19.2 Å². The Bertz CT molecular complexity index is 1120. The Hall–Kier alpha value is -2.63. The molecule has 0 radical (unpaired) electrons. The lowest BCUT2D eigenvalue weighted by Gasteiger charge is -2.56. The summed E-state index contributed by atoms with van der Waals surface area (Å²) in [5.41, 5.74) is 2.73. The largest absolute Gasteiger partial charge is 0.497 e. The fourth-order valence-electron chi connectivity index (χ4n) is 5.66. The van der Waals surface area contributed by atoms with Crippen molar-refractivity contribution in [3.8, 4) is 5.75 Å². The number of aliphatic hydroxyl groups is 1. The smallest absolute Gasteiger partial charge is 0.123 e. The van der Waals surface area contributed by atoms with E-state index in [2.05, 4.69) is 28.6 Å². The number of nitrogens with zero attached hydrogens (tertiary/aromatic N) is 1. The minimum atomic E-state index is -0.977. The molecule has 4 nitrogen and oxygen atoms in total. The van der Waals surface area contributed by atoms with Gasteiger partial charge in [0.05, 0.1) is 12.7 Å². The summed E-state index contributed by atoms with van der Waals surface area (Å²) in [7, 11) is 1.67. The van der Waals surface area contributed by atoms with Crippen LogP contribution in [0.2, 0.25) is 0 Å². The number of fused-ring (bicyclic) bond motifs is 4. The zero-order valence-corrected chi connectivity index (χ0v) is 17.2. The second-order valence-corrected chi connectivity index (χ2v) is 8.75. The van der Waals surface area contributed by atoms with Crippen molar-refractivity contribution in [1.29, 1.82) is 0 Å². The quantitative estimate of drug-likeness (QED) is 0.645. The van der Waals surface area contributed by atoms with Gasteiger partial charge in [0.2, 0.25) is 0 Å². The van der Waals surface area contributed by atoms with Gasteiger partial charge in [-0.05, 0) is 54.4 Å². The van der Waals surface area contributed by atoms with Gasteiger partial charge in [-0.2, -0.15) is 0 Å². The molecule has 1 aliphatic carbocycles. The highest BCUT2D eigenvalue weighted by Crippen LogP contribution is 2.51. The van der Waals surface area contributed by atoms with Crippen molar-refractivity contribution >= 4 is 10.9 Å². The minimum Gasteiger partial charge on any atom is -0.497 e. The lowest BCUT2D eigenvalue weighted by atomic mass is 9.56. The molecule has 1 aromatic heterocycles. The molecule has 156 valence electrons. The van der Waals surface area contributed by atoms with Crippen molar-refractivity contribution in [1.82, 2.24) is 9.88 Å². The first-order valence-corrected chi connectivity index (χ1v) is 10.5. The molecule has 2 aromatic carbocycles. The van der Waals surface area contributed by atoms with E-state index in [0.717, 1.165) is 53.0 Å². The van der Waals surface area contributed by atoms with E-state index in [9.17, 15) is 9.50 Å². The van der Waals surface area contributed by atoms with Crippen molar-refractivity contribution in [2.75, 3.05) is 26.7 Å². The number of hydrogen-bond acceptors (Lipinski definition) is 3. The Morgan fingerprint density at radius 1 is 1.27 bits per heavy atom. The summed E-state index contributed by atoms with van der Waals surface area (Å²) < 4.78 is 19.5. The van der Waals surface area contributed by atoms with Gasteiger partial charge in [-0.15, -0.1) is 6.58 Å². The maximum atomic E-state index is 14.0. The van der Waals surface area contributed by atoms with E-state index in [-0.39, 0.29) is 5.82 Å². The number of piperidine rings is 1. The van der Waals surface area contributed by atoms with E-state index < -0.39 is 11.0 Å². The van der Waals surface area contributed by atoms with E-state index >= 15 is 0 Å². The Labute approximate surface area is 176 Å². The van der Waals surface area contributed by atoms with Gasteiger partial charge in [0, 0.05) is 47.9 Å². The highest BCUT2D eigenvalue weighted by molar-refractivity contribution is 5.85. The fraction of sp³-hybridized carbons (Fsp3) is 0.360. The minimum absolute atomic E-state index is 0.252. The first-order chi connectivity index (χ1) is 14.5. The molecule has 0 spiro atoms. The standard InChI is InChI=1S/C25H27FN2O2/c1-3-10-28-11-9-24(17-5-4-6-19(12-17)30-2)15-23-21(14-25(24,29)16-28)20-13-18(26)7-8-22(20)27-23/h3-8,12-13,27,29H,1,9-11,14-16H2,2H3. The molecule has 2 unspecified atom stereocenters. The number of aromatic nitrogens is 1. The molecule has 5 rings (SSSR count). The highest BCUT2D eigenvalue weighted by atomic mass is 19.1. The molecule has 2 atom stereocenters. The molecule has 0 amide bonds. The number of benzene rings is 2. The molecule has 2 heterocycles. The average molecular weight is 407 g/mol. The lowest BCUT2D eigenvalue weighted by Crippen LogP contribution is -2.66. The molecule has 0 saturated carbocycles. The van der Waals surface area contributed by atoms with Crippen LogP contribution in [0.1, 0.15) is 23.2 Å².